The molecule has 2 heterocycles. The summed E-state index contributed by atoms with van der Waals surface area (Å²) in [5.41, 5.74) is 2.98. The van der Waals surface area contributed by atoms with Crippen molar-refractivity contribution in [1.29, 1.82) is 0 Å². The molecule has 5 heteroatoms. The summed E-state index contributed by atoms with van der Waals surface area (Å²) < 4.78 is 18.6. The molecule has 1 fully saturated rings. The van der Waals surface area contributed by atoms with Crippen molar-refractivity contribution in [2.75, 3.05) is 13.2 Å². The van der Waals surface area contributed by atoms with Crippen LogP contribution in [0, 0.1) is 5.82 Å². The molecule has 0 amide bonds. The fraction of sp³-hybridized carbons (Fsp3) is 0.438. The number of hydrogen-bond acceptors (Lipinski definition) is 3. The Hall–Kier alpha value is -1.72. The van der Waals surface area contributed by atoms with Crippen LogP contribution in [0.4, 0.5) is 4.39 Å². The van der Waals surface area contributed by atoms with Crippen molar-refractivity contribution in [1.82, 2.24) is 15.5 Å². The fourth-order valence-corrected chi connectivity index (χ4v) is 2.67. The minimum atomic E-state index is -0.227. The molecule has 2 N–H and O–H groups in total. The topological polar surface area (TPSA) is 49.9 Å². The van der Waals surface area contributed by atoms with Crippen LogP contribution < -0.4 is 5.32 Å². The van der Waals surface area contributed by atoms with Crippen LogP contribution in [0.3, 0.4) is 0 Å². The first-order chi connectivity index (χ1) is 10.3. The highest BCUT2D eigenvalue weighted by Crippen LogP contribution is 2.21. The van der Waals surface area contributed by atoms with Crippen LogP contribution in [0.5, 0.6) is 0 Å². The predicted octanol–water partition coefficient (Wildman–Crippen LogP) is 2.87. The third-order valence-electron chi connectivity index (χ3n) is 3.83. The molecule has 0 aliphatic carbocycles. The molecule has 0 bridgehead atoms. The number of halogens is 1. The van der Waals surface area contributed by atoms with Gasteiger partial charge in [0.25, 0.3) is 0 Å². The van der Waals surface area contributed by atoms with Crippen LogP contribution in [0.1, 0.15) is 24.8 Å². The van der Waals surface area contributed by atoms with E-state index in [0.717, 1.165) is 42.9 Å². The third-order valence-corrected chi connectivity index (χ3v) is 3.83. The first-order valence-corrected chi connectivity index (χ1v) is 7.43. The van der Waals surface area contributed by atoms with Gasteiger partial charge in [0.15, 0.2) is 0 Å². The fourth-order valence-electron chi connectivity index (χ4n) is 2.67. The Bertz CT molecular complexity index is 561. The van der Waals surface area contributed by atoms with E-state index in [0.29, 0.717) is 6.10 Å². The summed E-state index contributed by atoms with van der Waals surface area (Å²) in [6, 6.07) is 6.45. The maximum Gasteiger partial charge on any atom is 0.123 e. The van der Waals surface area contributed by atoms with Crippen molar-refractivity contribution in [3.05, 3.63) is 41.8 Å². The van der Waals surface area contributed by atoms with Gasteiger partial charge in [-0.25, -0.2) is 4.39 Å². The summed E-state index contributed by atoms with van der Waals surface area (Å²) in [4.78, 5) is 0. The molecule has 21 heavy (non-hydrogen) atoms. The molecule has 1 aromatic heterocycles. The lowest BCUT2D eigenvalue weighted by molar-refractivity contribution is 0.104. The Kier molecular flexibility index (Phi) is 4.62. The van der Waals surface area contributed by atoms with E-state index in [9.17, 15) is 4.39 Å². The minimum absolute atomic E-state index is 0.227. The van der Waals surface area contributed by atoms with Gasteiger partial charge in [-0.15, -0.1) is 0 Å². The number of aromatic amines is 1. The van der Waals surface area contributed by atoms with Gasteiger partial charge in [0.05, 0.1) is 18.0 Å². The highest BCUT2D eigenvalue weighted by Gasteiger charge is 2.14. The molecular formula is C16H20FN3O. The maximum absolute atomic E-state index is 13.0. The van der Waals surface area contributed by atoms with Crippen LogP contribution in [-0.2, 0) is 11.3 Å². The number of nitrogens with zero attached hydrogens (tertiary/aromatic N) is 1. The van der Waals surface area contributed by atoms with Gasteiger partial charge in [-0.2, -0.15) is 5.10 Å². The standard InChI is InChI=1S/C16H20FN3O/c17-14-5-3-12(4-6-14)16-13(11-19-20-16)10-18-8-7-15-2-1-9-21-15/h3-6,11,15,18H,1-2,7-10H2,(H,19,20)/t15-/m0/s1. The van der Waals surface area contributed by atoms with Crippen LogP contribution in [0.15, 0.2) is 30.5 Å². The molecule has 0 radical (unpaired) electrons. The summed E-state index contributed by atoms with van der Waals surface area (Å²) in [5, 5.41) is 10.5. The lowest BCUT2D eigenvalue weighted by Crippen LogP contribution is -2.19. The molecule has 1 aliphatic heterocycles. The smallest absolute Gasteiger partial charge is 0.123 e. The number of H-pyrrole nitrogens is 1. The van der Waals surface area contributed by atoms with Crippen LogP contribution in [-0.4, -0.2) is 29.5 Å². The first kappa shape index (κ1) is 14.2. The first-order valence-electron chi connectivity index (χ1n) is 7.43. The van der Waals surface area contributed by atoms with Gasteiger partial charge < -0.3 is 10.1 Å². The van der Waals surface area contributed by atoms with Crippen molar-refractivity contribution in [3.8, 4) is 11.3 Å². The van der Waals surface area contributed by atoms with Crippen LogP contribution in [0.2, 0.25) is 0 Å². The SMILES string of the molecule is Fc1ccc(-c2[nH]ncc2CNCC[C@@H]2CCCO2)cc1. The van der Waals surface area contributed by atoms with Gasteiger partial charge in [-0.1, -0.05) is 0 Å². The molecule has 2 aromatic rings. The Morgan fingerprint density at radius 3 is 2.95 bits per heavy atom. The molecule has 112 valence electrons. The zero-order valence-electron chi connectivity index (χ0n) is 11.9. The van der Waals surface area contributed by atoms with E-state index in [1.54, 1.807) is 12.1 Å². The number of rotatable bonds is 6. The second kappa shape index (κ2) is 6.83. The van der Waals surface area contributed by atoms with Crippen molar-refractivity contribution in [2.45, 2.75) is 31.9 Å². The Balaban J connectivity index is 1.54. The quantitative estimate of drug-likeness (QED) is 0.804. The molecule has 1 atom stereocenters. The zero-order valence-corrected chi connectivity index (χ0v) is 11.9. The third kappa shape index (κ3) is 3.68. The van der Waals surface area contributed by atoms with E-state index >= 15 is 0 Å². The van der Waals surface area contributed by atoms with Crippen molar-refractivity contribution in [3.63, 3.8) is 0 Å². The molecule has 1 aliphatic rings. The highest BCUT2D eigenvalue weighted by molar-refractivity contribution is 5.62. The average molecular weight is 289 g/mol. The summed E-state index contributed by atoms with van der Waals surface area (Å²) >= 11 is 0. The molecular weight excluding hydrogens is 269 g/mol. The lowest BCUT2D eigenvalue weighted by atomic mass is 10.1. The monoisotopic (exact) mass is 289 g/mol. The average Bonchev–Trinajstić information content (AvgIpc) is 3.16. The molecule has 1 saturated heterocycles. The van der Waals surface area contributed by atoms with Crippen LogP contribution in [0.25, 0.3) is 11.3 Å². The van der Waals surface area contributed by atoms with Crippen molar-refractivity contribution >= 4 is 0 Å². The molecule has 0 spiro atoms. The number of hydrogen-bond donors (Lipinski definition) is 2. The largest absolute Gasteiger partial charge is 0.378 e. The van der Waals surface area contributed by atoms with E-state index in [4.69, 9.17) is 4.74 Å². The predicted molar refractivity (Wildman–Crippen MR) is 79.3 cm³/mol. The minimum Gasteiger partial charge on any atom is -0.378 e. The van der Waals surface area contributed by atoms with E-state index in [-0.39, 0.29) is 5.82 Å². The van der Waals surface area contributed by atoms with E-state index < -0.39 is 0 Å². The molecule has 1 aromatic carbocycles. The van der Waals surface area contributed by atoms with Gasteiger partial charge in [-0.05, 0) is 50.1 Å². The number of nitrogens with one attached hydrogen (secondary N) is 2. The maximum atomic E-state index is 13.0. The Morgan fingerprint density at radius 2 is 2.19 bits per heavy atom. The molecule has 0 saturated carbocycles. The molecule has 0 unspecified atom stereocenters. The van der Waals surface area contributed by atoms with E-state index in [1.165, 1.54) is 25.0 Å². The lowest BCUT2D eigenvalue weighted by Gasteiger charge is -2.10. The Morgan fingerprint density at radius 1 is 1.33 bits per heavy atom. The summed E-state index contributed by atoms with van der Waals surface area (Å²) in [6.07, 6.45) is 5.63. The van der Waals surface area contributed by atoms with Crippen molar-refractivity contribution in [2.24, 2.45) is 0 Å². The van der Waals surface area contributed by atoms with Gasteiger partial charge in [0.1, 0.15) is 5.82 Å². The summed E-state index contributed by atoms with van der Waals surface area (Å²) in [6.45, 7) is 2.58. The second-order valence-corrected chi connectivity index (χ2v) is 5.38. The molecule has 3 rings (SSSR count). The van der Waals surface area contributed by atoms with Gasteiger partial charge in [0.2, 0.25) is 0 Å². The normalized spacial score (nSPS) is 18.2. The zero-order chi connectivity index (χ0) is 14.5. The Labute approximate surface area is 123 Å². The van der Waals surface area contributed by atoms with Crippen LogP contribution >= 0.6 is 0 Å². The van der Waals surface area contributed by atoms with Gasteiger partial charge >= 0.3 is 0 Å². The number of ether oxygens (including phenoxy) is 1. The van der Waals surface area contributed by atoms with Gasteiger partial charge in [-0.3, -0.25) is 5.10 Å². The van der Waals surface area contributed by atoms with E-state index in [1.807, 2.05) is 6.20 Å². The summed E-state index contributed by atoms with van der Waals surface area (Å²) in [5.74, 6) is -0.227. The highest BCUT2D eigenvalue weighted by atomic mass is 19.1. The second-order valence-electron chi connectivity index (χ2n) is 5.38. The molecule has 4 nitrogen and oxygen atoms in total. The number of aromatic nitrogens is 2. The van der Waals surface area contributed by atoms with Crippen molar-refractivity contribution < 1.29 is 9.13 Å². The van der Waals surface area contributed by atoms with Gasteiger partial charge in [0, 0.05) is 24.3 Å². The van der Waals surface area contributed by atoms with E-state index in [2.05, 4.69) is 15.5 Å². The number of benzene rings is 1. The summed E-state index contributed by atoms with van der Waals surface area (Å²) in [7, 11) is 0.